The van der Waals surface area contributed by atoms with Crippen LogP contribution in [0.5, 0.6) is 0 Å². The number of hydrogen-bond acceptors (Lipinski definition) is 3. The third-order valence-electron chi connectivity index (χ3n) is 4.19. The van der Waals surface area contributed by atoms with E-state index in [2.05, 4.69) is 11.6 Å². The van der Waals surface area contributed by atoms with Crippen molar-refractivity contribution in [2.75, 3.05) is 0 Å². The number of allylic oxidation sites excluding steroid dienone is 4. The summed E-state index contributed by atoms with van der Waals surface area (Å²) in [5.74, 6) is 0.0262. The molecule has 0 bridgehead atoms. The lowest BCUT2D eigenvalue weighted by Gasteiger charge is -2.32. The van der Waals surface area contributed by atoms with Gasteiger partial charge in [0.2, 0.25) is 0 Å². The molecular weight excluding hydrogens is 341 g/mol. The number of nitrogens with zero attached hydrogens (tertiary/aromatic N) is 2. The summed E-state index contributed by atoms with van der Waals surface area (Å²) in [7, 11) is 0. The molecule has 0 saturated heterocycles. The summed E-state index contributed by atoms with van der Waals surface area (Å²) in [6, 6.07) is 6.97. The van der Waals surface area contributed by atoms with Crippen molar-refractivity contribution in [1.82, 2.24) is 4.90 Å². The van der Waals surface area contributed by atoms with Crippen LogP contribution in [0.2, 0.25) is 0 Å². The van der Waals surface area contributed by atoms with Crippen LogP contribution in [0.1, 0.15) is 24.5 Å². The highest BCUT2D eigenvalue weighted by Crippen LogP contribution is 2.41. The van der Waals surface area contributed by atoms with E-state index in [1.807, 2.05) is 19.1 Å². The molecule has 0 saturated carbocycles. The molecule has 0 radical (unpaired) electrons. The van der Waals surface area contributed by atoms with Gasteiger partial charge in [0, 0.05) is 23.0 Å². The monoisotopic (exact) mass is 358 g/mol. The molecular formula is C20H17F3N2O. The average Bonchev–Trinajstić information content (AvgIpc) is 2.61. The van der Waals surface area contributed by atoms with Crippen LogP contribution < -0.4 is 0 Å². The van der Waals surface area contributed by atoms with Crippen LogP contribution in [0.15, 0.2) is 71.2 Å². The number of alkyl halides is 3. The van der Waals surface area contributed by atoms with Gasteiger partial charge >= 0.3 is 6.18 Å². The molecule has 0 amide bonds. The lowest BCUT2D eigenvalue weighted by Crippen LogP contribution is -2.32. The number of rotatable bonds is 4. The average molecular weight is 358 g/mol. The second-order valence-corrected chi connectivity index (χ2v) is 6.03. The van der Waals surface area contributed by atoms with Gasteiger partial charge in [-0.3, -0.25) is 4.79 Å². The largest absolute Gasteiger partial charge is 0.434 e. The highest BCUT2D eigenvalue weighted by Gasteiger charge is 2.41. The first-order valence-electron chi connectivity index (χ1n) is 8.18. The Morgan fingerprint density at radius 1 is 1.23 bits per heavy atom. The van der Waals surface area contributed by atoms with Crippen molar-refractivity contribution >= 4 is 17.7 Å². The third kappa shape index (κ3) is 3.27. The quantitative estimate of drug-likeness (QED) is 0.725. The van der Waals surface area contributed by atoms with Gasteiger partial charge in [-0.1, -0.05) is 44.2 Å². The van der Waals surface area contributed by atoms with Crippen LogP contribution in [-0.4, -0.2) is 23.2 Å². The maximum atomic E-state index is 13.7. The number of halogens is 3. The first-order valence-corrected chi connectivity index (χ1v) is 8.18. The van der Waals surface area contributed by atoms with E-state index >= 15 is 0 Å². The summed E-state index contributed by atoms with van der Waals surface area (Å²) in [6.07, 6.45) is 2.07. The van der Waals surface area contributed by atoms with Crippen molar-refractivity contribution in [3.05, 3.63) is 77.3 Å². The number of carbonyl (C=O) groups is 1. The van der Waals surface area contributed by atoms with E-state index < -0.39 is 11.9 Å². The molecule has 134 valence electrons. The van der Waals surface area contributed by atoms with Gasteiger partial charge in [0.05, 0.1) is 0 Å². The topological polar surface area (TPSA) is 32.7 Å². The first-order chi connectivity index (χ1) is 12.3. The van der Waals surface area contributed by atoms with Crippen LogP contribution in [0.4, 0.5) is 13.2 Å². The van der Waals surface area contributed by atoms with Crippen molar-refractivity contribution in [1.29, 1.82) is 0 Å². The molecule has 6 heteroatoms. The van der Waals surface area contributed by atoms with E-state index in [4.69, 9.17) is 0 Å². The molecule has 0 N–H and O–H groups in total. The van der Waals surface area contributed by atoms with Crippen molar-refractivity contribution in [2.45, 2.75) is 25.9 Å². The van der Waals surface area contributed by atoms with Crippen LogP contribution in [-0.2, 0) is 11.2 Å². The molecule has 2 aliphatic rings. The number of amidine groups is 1. The molecule has 0 spiro atoms. The molecule has 0 aromatic heterocycles. The second-order valence-electron chi connectivity index (χ2n) is 6.03. The maximum absolute atomic E-state index is 13.7. The summed E-state index contributed by atoms with van der Waals surface area (Å²) in [6.45, 7) is 5.89. The van der Waals surface area contributed by atoms with Gasteiger partial charge in [-0.2, -0.15) is 13.2 Å². The van der Waals surface area contributed by atoms with Crippen LogP contribution in [0.3, 0.4) is 0 Å². The van der Waals surface area contributed by atoms with E-state index in [9.17, 15) is 18.0 Å². The fourth-order valence-electron chi connectivity index (χ4n) is 2.95. The molecule has 2 heterocycles. The molecule has 1 aromatic carbocycles. The van der Waals surface area contributed by atoms with Gasteiger partial charge in [0.25, 0.3) is 0 Å². The van der Waals surface area contributed by atoms with E-state index in [-0.39, 0.29) is 22.7 Å². The molecule has 26 heavy (non-hydrogen) atoms. The third-order valence-corrected chi connectivity index (χ3v) is 4.19. The lowest BCUT2D eigenvalue weighted by molar-refractivity contribution is -0.104. The highest BCUT2D eigenvalue weighted by molar-refractivity contribution is 6.06. The number of hydrogen-bond donors (Lipinski definition) is 0. The standard InChI is InChI=1S/C20H17F3N2O/c1-3-4-14-5-7-16(8-6-14)18-13(2)25-10-9-15(12-26)11-17(25)24-19(18)20(21,22)23/h5-12H,2-4H2,1H3. The molecule has 3 rings (SSSR count). The van der Waals surface area contributed by atoms with Gasteiger partial charge < -0.3 is 4.90 Å². The van der Waals surface area contributed by atoms with Crippen LogP contribution in [0, 0.1) is 0 Å². The van der Waals surface area contributed by atoms with Gasteiger partial charge in [-0.15, -0.1) is 0 Å². The molecule has 3 nitrogen and oxygen atoms in total. The normalized spacial score (nSPS) is 17.1. The number of aryl methyl sites for hydroxylation is 1. The van der Waals surface area contributed by atoms with Crippen molar-refractivity contribution in [2.24, 2.45) is 4.99 Å². The second kappa shape index (κ2) is 6.78. The Hall–Kier alpha value is -2.89. The molecule has 2 aliphatic heterocycles. The number of benzene rings is 1. The SMILES string of the molecule is C=C1C(c2ccc(CCC)cc2)=C(C(F)(F)F)N=C2C=C(C=O)C=CN12. The predicted octanol–water partition coefficient (Wildman–Crippen LogP) is 4.79. The summed E-state index contributed by atoms with van der Waals surface area (Å²) >= 11 is 0. The molecule has 0 unspecified atom stereocenters. The molecule has 0 atom stereocenters. The molecule has 0 fully saturated rings. The smallest absolute Gasteiger partial charge is 0.302 e. The van der Waals surface area contributed by atoms with Crippen LogP contribution >= 0.6 is 0 Å². The van der Waals surface area contributed by atoms with Crippen LogP contribution in [0.25, 0.3) is 5.57 Å². The summed E-state index contributed by atoms with van der Waals surface area (Å²) in [4.78, 5) is 16.2. The minimum atomic E-state index is -4.64. The van der Waals surface area contributed by atoms with E-state index in [1.54, 1.807) is 12.1 Å². The Morgan fingerprint density at radius 3 is 2.50 bits per heavy atom. The van der Waals surface area contributed by atoms with Gasteiger partial charge in [0.1, 0.15) is 12.1 Å². The molecule has 0 aliphatic carbocycles. The zero-order valence-corrected chi connectivity index (χ0v) is 14.2. The Labute approximate surface area is 149 Å². The van der Waals surface area contributed by atoms with Gasteiger partial charge in [0.15, 0.2) is 5.70 Å². The highest BCUT2D eigenvalue weighted by atomic mass is 19.4. The Bertz CT molecular complexity index is 871. The maximum Gasteiger partial charge on any atom is 0.434 e. The zero-order chi connectivity index (χ0) is 18.9. The van der Waals surface area contributed by atoms with Crippen molar-refractivity contribution in [3.63, 3.8) is 0 Å². The first kappa shape index (κ1) is 17.9. The summed E-state index contributed by atoms with van der Waals surface area (Å²) in [5, 5.41) is 0. The number of aldehydes is 1. The van der Waals surface area contributed by atoms with E-state index in [0.29, 0.717) is 11.8 Å². The lowest BCUT2D eigenvalue weighted by atomic mass is 9.96. The minimum Gasteiger partial charge on any atom is -0.302 e. The van der Waals surface area contributed by atoms with Gasteiger partial charge in [-0.05, 0) is 29.7 Å². The Morgan fingerprint density at radius 2 is 1.92 bits per heavy atom. The predicted molar refractivity (Wildman–Crippen MR) is 95.1 cm³/mol. The number of aliphatic imine (C=N–C) groups is 1. The number of fused-ring (bicyclic) bond motifs is 1. The fraction of sp³-hybridized carbons (Fsp3) is 0.200. The minimum absolute atomic E-state index is 0.0262. The van der Waals surface area contributed by atoms with Crippen molar-refractivity contribution < 1.29 is 18.0 Å². The number of carbonyl (C=O) groups excluding carboxylic acids is 1. The van der Waals surface area contributed by atoms with Gasteiger partial charge in [-0.25, -0.2) is 4.99 Å². The summed E-state index contributed by atoms with van der Waals surface area (Å²) in [5.41, 5.74) is 0.825. The van der Waals surface area contributed by atoms with E-state index in [0.717, 1.165) is 18.4 Å². The Kier molecular flexibility index (Phi) is 4.68. The fourth-order valence-corrected chi connectivity index (χ4v) is 2.95. The van der Waals surface area contributed by atoms with Crippen molar-refractivity contribution in [3.8, 4) is 0 Å². The molecule has 1 aromatic rings. The Balaban J connectivity index is 2.15. The summed E-state index contributed by atoms with van der Waals surface area (Å²) < 4.78 is 41.0. The zero-order valence-electron chi connectivity index (χ0n) is 14.2. The van der Waals surface area contributed by atoms with E-state index in [1.165, 1.54) is 23.3 Å².